The third-order valence-electron chi connectivity index (χ3n) is 3.85. The van der Waals surface area contributed by atoms with Crippen LogP contribution in [0.15, 0.2) is 22.7 Å². The fourth-order valence-corrected chi connectivity index (χ4v) is 3.37. The summed E-state index contributed by atoms with van der Waals surface area (Å²) in [5.74, 6) is 0.696. The van der Waals surface area contributed by atoms with Gasteiger partial charge in [0.1, 0.15) is 0 Å². The van der Waals surface area contributed by atoms with Crippen molar-refractivity contribution in [2.45, 2.75) is 19.3 Å². The molecule has 1 aliphatic rings. The van der Waals surface area contributed by atoms with E-state index in [2.05, 4.69) is 33.2 Å². The first kappa shape index (κ1) is 15.8. The summed E-state index contributed by atoms with van der Waals surface area (Å²) >= 11 is 9.25. The number of benzene rings is 1. The summed E-state index contributed by atoms with van der Waals surface area (Å²) in [5, 5.41) is 3.62. The molecule has 1 fully saturated rings. The molecule has 1 aromatic carbocycles. The molecule has 0 atom stereocenters. The number of carbonyl (C=O) groups excluding carboxylic acids is 1. The maximum absolute atomic E-state index is 12.1. The molecule has 0 spiro atoms. The molecule has 0 unspecified atom stereocenters. The van der Waals surface area contributed by atoms with Crippen molar-refractivity contribution < 1.29 is 4.79 Å². The van der Waals surface area contributed by atoms with Crippen LogP contribution in [0.4, 0.5) is 0 Å². The lowest BCUT2D eigenvalue weighted by molar-refractivity contribution is 0.0948. The second-order valence-electron chi connectivity index (χ2n) is 5.42. The second kappa shape index (κ2) is 7.43. The fourth-order valence-electron chi connectivity index (χ4n) is 2.51. The maximum atomic E-state index is 12.1. The van der Waals surface area contributed by atoms with Crippen molar-refractivity contribution in [2.24, 2.45) is 5.92 Å². The van der Waals surface area contributed by atoms with Crippen LogP contribution in [0.25, 0.3) is 0 Å². The number of carbonyl (C=O) groups is 1. The first-order valence-electron chi connectivity index (χ1n) is 6.98. The minimum atomic E-state index is -0.0403. The number of rotatable bonds is 4. The number of amides is 1. The van der Waals surface area contributed by atoms with Gasteiger partial charge in [0.05, 0.1) is 5.56 Å². The Hall–Kier alpha value is -0.580. The van der Waals surface area contributed by atoms with Crippen LogP contribution in [0, 0.1) is 5.92 Å². The third-order valence-corrected chi connectivity index (χ3v) is 4.74. The van der Waals surface area contributed by atoms with Crippen molar-refractivity contribution >= 4 is 33.4 Å². The largest absolute Gasteiger partial charge is 0.352 e. The molecule has 1 heterocycles. The maximum Gasteiger partial charge on any atom is 0.252 e. The number of hydrogen-bond acceptors (Lipinski definition) is 2. The molecule has 1 amide bonds. The molecular formula is C15H20BrClN2O. The van der Waals surface area contributed by atoms with Gasteiger partial charge in [-0.2, -0.15) is 0 Å². The molecule has 5 heteroatoms. The summed E-state index contributed by atoms with van der Waals surface area (Å²) in [6.45, 7) is 3.07. The van der Waals surface area contributed by atoms with E-state index in [1.807, 2.05) is 0 Å². The minimum Gasteiger partial charge on any atom is -0.352 e. The zero-order chi connectivity index (χ0) is 14.5. The summed E-state index contributed by atoms with van der Waals surface area (Å²) < 4.78 is 0.738. The Morgan fingerprint density at radius 1 is 1.45 bits per heavy atom. The number of halogens is 2. The van der Waals surface area contributed by atoms with Crippen LogP contribution in [0.5, 0.6) is 0 Å². The zero-order valence-electron chi connectivity index (χ0n) is 11.7. The second-order valence-corrected chi connectivity index (χ2v) is 6.71. The highest BCUT2D eigenvalue weighted by Gasteiger charge is 2.17. The van der Waals surface area contributed by atoms with Crippen molar-refractivity contribution in [3.05, 3.63) is 33.3 Å². The lowest BCUT2D eigenvalue weighted by atomic mass is 9.94. The molecule has 3 nitrogen and oxygen atoms in total. The molecule has 1 aliphatic heterocycles. The predicted molar refractivity (Wildman–Crippen MR) is 86.3 cm³/mol. The molecule has 0 saturated carbocycles. The van der Waals surface area contributed by atoms with Gasteiger partial charge < -0.3 is 10.2 Å². The number of likely N-dealkylation sites (tertiary alicyclic amines) is 1. The monoisotopic (exact) mass is 358 g/mol. The van der Waals surface area contributed by atoms with Gasteiger partial charge in [-0.25, -0.2) is 0 Å². The lowest BCUT2D eigenvalue weighted by Crippen LogP contribution is -2.32. The molecule has 0 radical (unpaired) electrons. The summed E-state index contributed by atoms with van der Waals surface area (Å²) in [7, 11) is 2.16. The van der Waals surface area contributed by atoms with E-state index in [9.17, 15) is 4.79 Å². The molecule has 20 heavy (non-hydrogen) atoms. The zero-order valence-corrected chi connectivity index (χ0v) is 14.0. The minimum absolute atomic E-state index is 0.0403. The van der Waals surface area contributed by atoms with Crippen molar-refractivity contribution in [3.8, 4) is 0 Å². The van der Waals surface area contributed by atoms with Crippen LogP contribution in [-0.4, -0.2) is 37.5 Å². The SMILES string of the molecule is CN1CCC(CCNC(=O)c2ccc(Cl)cc2Br)CC1. The van der Waals surface area contributed by atoms with E-state index >= 15 is 0 Å². The Morgan fingerprint density at radius 2 is 2.15 bits per heavy atom. The van der Waals surface area contributed by atoms with E-state index in [0.717, 1.165) is 23.4 Å². The van der Waals surface area contributed by atoms with Crippen molar-refractivity contribution in [1.82, 2.24) is 10.2 Å². The van der Waals surface area contributed by atoms with Crippen LogP contribution < -0.4 is 5.32 Å². The molecule has 110 valence electrons. The highest BCUT2D eigenvalue weighted by Crippen LogP contribution is 2.22. The summed E-state index contributed by atoms with van der Waals surface area (Å²) in [6, 6.07) is 5.23. The quantitative estimate of drug-likeness (QED) is 0.891. The summed E-state index contributed by atoms with van der Waals surface area (Å²) in [5.41, 5.74) is 0.637. The van der Waals surface area contributed by atoms with Crippen LogP contribution in [0.2, 0.25) is 5.02 Å². The van der Waals surface area contributed by atoms with Gasteiger partial charge in [-0.15, -0.1) is 0 Å². The van der Waals surface area contributed by atoms with Gasteiger partial charge in [-0.3, -0.25) is 4.79 Å². The van der Waals surface area contributed by atoms with Crippen LogP contribution in [0.1, 0.15) is 29.6 Å². The molecule has 2 rings (SSSR count). The van der Waals surface area contributed by atoms with Crippen LogP contribution in [0.3, 0.4) is 0 Å². The fraction of sp³-hybridized carbons (Fsp3) is 0.533. The Balaban J connectivity index is 1.77. The van der Waals surface area contributed by atoms with Gasteiger partial charge in [0, 0.05) is 16.0 Å². The van der Waals surface area contributed by atoms with E-state index in [1.165, 1.54) is 25.9 Å². The van der Waals surface area contributed by atoms with Gasteiger partial charge in [0.25, 0.3) is 5.91 Å². The average molecular weight is 360 g/mol. The lowest BCUT2D eigenvalue weighted by Gasteiger charge is -2.28. The van der Waals surface area contributed by atoms with Gasteiger partial charge >= 0.3 is 0 Å². The van der Waals surface area contributed by atoms with E-state index in [-0.39, 0.29) is 5.91 Å². The molecule has 1 N–H and O–H groups in total. The van der Waals surface area contributed by atoms with Crippen molar-refractivity contribution in [1.29, 1.82) is 0 Å². The summed E-state index contributed by atoms with van der Waals surface area (Å²) in [4.78, 5) is 14.4. The van der Waals surface area contributed by atoms with Gasteiger partial charge in [0.15, 0.2) is 0 Å². The van der Waals surface area contributed by atoms with Crippen LogP contribution >= 0.6 is 27.5 Å². The Labute approximate surface area is 133 Å². The number of nitrogens with one attached hydrogen (secondary N) is 1. The van der Waals surface area contributed by atoms with Gasteiger partial charge in [-0.1, -0.05) is 11.6 Å². The van der Waals surface area contributed by atoms with E-state index in [0.29, 0.717) is 10.6 Å². The Morgan fingerprint density at radius 3 is 2.80 bits per heavy atom. The molecule has 0 aliphatic carbocycles. The topological polar surface area (TPSA) is 32.3 Å². The number of piperidine rings is 1. The van der Waals surface area contributed by atoms with E-state index in [4.69, 9.17) is 11.6 Å². The van der Waals surface area contributed by atoms with Crippen molar-refractivity contribution in [2.75, 3.05) is 26.7 Å². The highest BCUT2D eigenvalue weighted by atomic mass is 79.9. The molecule has 0 aromatic heterocycles. The molecule has 1 aromatic rings. The average Bonchev–Trinajstić information content (AvgIpc) is 2.41. The standard InChI is InChI=1S/C15H20BrClN2O/c1-19-8-5-11(6-9-19)4-7-18-15(20)13-3-2-12(17)10-14(13)16/h2-3,10-11H,4-9H2,1H3,(H,18,20). The molecular weight excluding hydrogens is 340 g/mol. The normalized spacial score (nSPS) is 17.1. The van der Waals surface area contributed by atoms with Gasteiger partial charge in [-0.05, 0) is 79.4 Å². The first-order valence-corrected chi connectivity index (χ1v) is 8.15. The predicted octanol–water partition coefficient (Wildman–Crippen LogP) is 3.56. The smallest absolute Gasteiger partial charge is 0.252 e. The number of hydrogen-bond donors (Lipinski definition) is 1. The third kappa shape index (κ3) is 4.47. The van der Waals surface area contributed by atoms with E-state index in [1.54, 1.807) is 18.2 Å². The molecule has 1 saturated heterocycles. The Bertz CT molecular complexity index is 473. The van der Waals surface area contributed by atoms with Crippen LogP contribution in [-0.2, 0) is 0 Å². The molecule has 0 bridgehead atoms. The van der Waals surface area contributed by atoms with Crippen molar-refractivity contribution in [3.63, 3.8) is 0 Å². The van der Waals surface area contributed by atoms with Gasteiger partial charge in [0.2, 0.25) is 0 Å². The highest BCUT2D eigenvalue weighted by molar-refractivity contribution is 9.10. The van der Waals surface area contributed by atoms with E-state index < -0.39 is 0 Å². The number of nitrogens with zero attached hydrogens (tertiary/aromatic N) is 1. The first-order chi connectivity index (χ1) is 9.56. The summed E-state index contributed by atoms with van der Waals surface area (Å²) in [6.07, 6.45) is 3.53. The Kier molecular flexibility index (Phi) is 5.87.